The molecule has 0 aromatic heterocycles. The molecular formula is C14H22Cl2N2. The second kappa shape index (κ2) is 7.34. The molecule has 0 aliphatic heterocycles. The third-order valence-electron chi connectivity index (χ3n) is 2.52. The lowest BCUT2D eigenvalue weighted by Gasteiger charge is -2.20. The first kappa shape index (κ1) is 15.8. The van der Waals surface area contributed by atoms with Gasteiger partial charge in [-0.05, 0) is 58.0 Å². The molecule has 4 heteroatoms. The SMILES string of the molecule is CC(C)(C)NCCCNCc1ccc(Cl)cc1Cl. The topological polar surface area (TPSA) is 24.1 Å². The molecule has 0 aliphatic carbocycles. The molecule has 2 N–H and O–H groups in total. The summed E-state index contributed by atoms with van der Waals surface area (Å²) >= 11 is 11.9. The summed E-state index contributed by atoms with van der Waals surface area (Å²) in [7, 11) is 0. The van der Waals surface area contributed by atoms with Gasteiger partial charge in [0.05, 0.1) is 0 Å². The third kappa shape index (κ3) is 6.60. The van der Waals surface area contributed by atoms with Crippen molar-refractivity contribution in [2.45, 2.75) is 39.3 Å². The Labute approximate surface area is 120 Å². The molecule has 0 aliphatic rings. The molecule has 0 saturated heterocycles. The monoisotopic (exact) mass is 288 g/mol. The fourth-order valence-electron chi connectivity index (χ4n) is 1.56. The first-order chi connectivity index (χ1) is 8.38. The van der Waals surface area contributed by atoms with Crippen molar-refractivity contribution < 1.29 is 0 Å². The predicted molar refractivity (Wildman–Crippen MR) is 80.5 cm³/mol. The normalized spacial score (nSPS) is 11.8. The van der Waals surface area contributed by atoms with Crippen LogP contribution < -0.4 is 10.6 Å². The van der Waals surface area contributed by atoms with Crippen LogP contribution in [-0.4, -0.2) is 18.6 Å². The summed E-state index contributed by atoms with van der Waals surface area (Å²) in [5.74, 6) is 0. The van der Waals surface area contributed by atoms with Gasteiger partial charge < -0.3 is 10.6 Å². The van der Waals surface area contributed by atoms with E-state index in [9.17, 15) is 0 Å². The number of benzene rings is 1. The minimum Gasteiger partial charge on any atom is -0.313 e. The van der Waals surface area contributed by atoms with Gasteiger partial charge in [0.2, 0.25) is 0 Å². The van der Waals surface area contributed by atoms with Crippen molar-refractivity contribution in [1.29, 1.82) is 0 Å². The van der Waals surface area contributed by atoms with Crippen LogP contribution in [0.1, 0.15) is 32.8 Å². The lowest BCUT2D eigenvalue weighted by atomic mass is 10.1. The van der Waals surface area contributed by atoms with Crippen LogP contribution >= 0.6 is 23.2 Å². The molecule has 2 nitrogen and oxygen atoms in total. The number of rotatable bonds is 6. The van der Waals surface area contributed by atoms with Gasteiger partial charge in [-0.3, -0.25) is 0 Å². The maximum atomic E-state index is 6.09. The minimum absolute atomic E-state index is 0.194. The maximum Gasteiger partial charge on any atom is 0.0465 e. The summed E-state index contributed by atoms with van der Waals surface area (Å²) in [5.41, 5.74) is 1.28. The average molecular weight is 289 g/mol. The second-order valence-corrected chi connectivity index (χ2v) is 6.29. The first-order valence-corrected chi connectivity index (χ1v) is 7.04. The Bertz CT molecular complexity index is 373. The molecule has 0 unspecified atom stereocenters. The molecule has 1 rings (SSSR count). The lowest BCUT2D eigenvalue weighted by molar-refractivity contribution is 0.418. The zero-order valence-corrected chi connectivity index (χ0v) is 12.8. The van der Waals surface area contributed by atoms with Crippen LogP contribution in [0.2, 0.25) is 10.0 Å². The zero-order chi connectivity index (χ0) is 13.6. The summed E-state index contributed by atoms with van der Waals surface area (Å²) in [6.45, 7) is 9.30. The molecule has 1 aromatic rings. The van der Waals surface area contributed by atoms with Gasteiger partial charge in [-0.25, -0.2) is 0 Å². The molecule has 0 saturated carbocycles. The van der Waals surface area contributed by atoms with Gasteiger partial charge >= 0.3 is 0 Å². The van der Waals surface area contributed by atoms with E-state index in [1.807, 2.05) is 12.1 Å². The third-order valence-corrected chi connectivity index (χ3v) is 3.10. The van der Waals surface area contributed by atoms with Gasteiger partial charge in [-0.1, -0.05) is 29.3 Å². The summed E-state index contributed by atoms with van der Waals surface area (Å²) < 4.78 is 0. The van der Waals surface area contributed by atoms with Crippen molar-refractivity contribution >= 4 is 23.2 Å². The summed E-state index contributed by atoms with van der Waals surface area (Å²) in [4.78, 5) is 0. The van der Waals surface area contributed by atoms with Crippen LogP contribution in [0, 0.1) is 0 Å². The second-order valence-electron chi connectivity index (χ2n) is 5.44. The minimum atomic E-state index is 0.194. The van der Waals surface area contributed by atoms with Crippen LogP contribution in [0.4, 0.5) is 0 Å². The van der Waals surface area contributed by atoms with Crippen LogP contribution in [0.5, 0.6) is 0 Å². The van der Waals surface area contributed by atoms with E-state index in [2.05, 4.69) is 31.4 Å². The highest BCUT2D eigenvalue weighted by Crippen LogP contribution is 2.20. The van der Waals surface area contributed by atoms with Crippen molar-refractivity contribution in [2.75, 3.05) is 13.1 Å². The Hall–Kier alpha value is -0.280. The van der Waals surface area contributed by atoms with Gasteiger partial charge in [0.15, 0.2) is 0 Å². The van der Waals surface area contributed by atoms with Crippen LogP contribution in [0.15, 0.2) is 18.2 Å². The number of hydrogen-bond donors (Lipinski definition) is 2. The number of hydrogen-bond acceptors (Lipinski definition) is 2. The van der Waals surface area contributed by atoms with Crippen molar-refractivity contribution in [3.63, 3.8) is 0 Å². The summed E-state index contributed by atoms with van der Waals surface area (Å²) in [6.07, 6.45) is 1.10. The Balaban J connectivity index is 2.18. The molecule has 0 heterocycles. The van der Waals surface area contributed by atoms with Crippen molar-refractivity contribution in [2.24, 2.45) is 0 Å². The molecule has 0 spiro atoms. The highest BCUT2D eigenvalue weighted by Gasteiger charge is 2.07. The molecule has 0 radical (unpaired) electrons. The van der Waals surface area contributed by atoms with Gasteiger partial charge in [0.25, 0.3) is 0 Å². The molecule has 0 atom stereocenters. The van der Waals surface area contributed by atoms with E-state index in [4.69, 9.17) is 23.2 Å². The Morgan fingerprint density at radius 1 is 1.11 bits per heavy atom. The highest BCUT2D eigenvalue weighted by atomic mass is 35.5. The standard InChI is InChI=1S/C14H22Cl2N2/c1-14(2,3)18-8-4-7-17-10-11-5-6-12(15)9-13(11)16/h5-6,9,17-18H,4,7-8,10H2,1-3H3. The quantitative estimate of drug-likeness (QED) is 0.777. The molecule has 1 aromatic carbocycles. The van der Waals surface area contributed by atoms with Crippen LogP contribution in [0.25, 0.3) is 0 Å². The Morgan fingerprint density at radius 2 is 1.83 bits per heavy atom. The van der Waals surface area contributed by atoms with E-state index >= 15 is 0 Å². The zero-order valence-electron chi connectivity index (χ0n) is 11.3. The van der Waals surface area contributed by atoms with Crippen molar-refractivity contribution in [3.05, 3.63) is 33.8 Å². The van der Waals surface area contributed by atoms with E-state index in [1.165, 1.54) is 0 Å². The van der Waals surface area contributed by atoms with Gasteiger partial charge in [0, 0.05) is 22.1 Å². The Morgan fingerprint density at radius 3 is 2.44 bits per heavy atom. The fourth-order valence-corrected chi connectivity index (χ4v) is 2.04. The highest BCUT2D eigenvalue weighted by molar-refractivity contribution is 6.35. The van der Waals surface area contributed by atoms with Crippen LogP contribution in [-0.2, 0) is 6.54 Å². The van der Waals surface area contributed by atoms with Crippen molar-refractivity contribution in [1.82, 2.24) is 10.6 Å². The maximum absolute atomic E-state index is 6.09. The van der Waals surface area contributed by atoms with E-state index in [0.29, 0.717) is 5.02 Å². The average Bonchev–Trinajstić information content (AvgIpc) is 2.24. The molecule has 102 valence electrons. The van der Waals surface area contributed by atoms with Crippen LogP contribution in [0.3, 0.4) is 0 Å². The lowest BCUT2D eigenvalue weighted by Crippen LogP contribution is -2.37. The predicted octanol–water partition coefficient (Wildman–Crippen LogP) is 3.86. The smallest absolute Gasteiger partial charge is 0.0465 e. The Kier molecular flexibility index (Phi) is 6.44. The van der Waals surface area contributed by atoms with E-state index in [-0.39, 0.29) is 5.54 Å². The summed E-state index contributed by atoms with van der Waals surface area (Å²) in [6, 6.07) is 5.61. The first-order valence-electron chi connectivity index (χ1n) is 6.28. The molecule has 0 bridgehead atoms. The van der Waals surface area contributed by atoms with Crippen molar-refractivity contribution in [3.8, 4) is 0 Å². The fraction of sp³-hybridized carbons (Fsp3) is 0.571. The van der Waals surface area contributed by atoms with E-state index in [0.717, 1.165) is 36.6 Å². The number of halogens is 2. The van der Waals surface area contributed by atoms with E-state index < -0.39 is 0 Å². The molecule has 0 amide bonds. The van der Waals surface area contributed by atoms with Gasteiger partial charge in [0.1, 0.15) is 0 Å². The van der Waals surface area contributed by atoms with E-state index in [1.54, 1.807) is 6.07 Å². The molecule has 18 heavy (non-hydrogen) atoms. The largest absolute Gasteiger partial charge is 0.313 e. The molecular weight excluding hydrogens is 267 g/mol. The summed E-state index contributed by atoms with van der Waals surface area (Å²) in [5, 5.41) is 8.24. The van der Waals surface area contributed by atoms with Gasteiger partial charge in [-0.2, -0.15) is 0 Å². The molecule has 0 fully saturated rings. The number of nitrogens with one attached hydrogen (secondary N) is 2. The van der Waals surface area contributed by atoms with Gasteiger partial charge in [-0.15, -0.1) is 0 Å².